The molecule has 0 unspecified atom stereocenters. The Hall–Kier alpha value is -1.51. The molecule has 1 saturated heterocycles. The highest BCUT2D eigenvalue weighted by atomic mass is 16.4. The zero-order valence-electron chi connectivity index (χ0n) is 11.9. The normalized spacial score (nSPS) is 16.6. The topological polar surface area (TPSA) is 40.5 Å². The van der Waals surface area contributed by atoms with Crippen LogP contribution in [0.15, 0.2) is 18.2 Å². The van der Waals surface area contributed by atoms with Gasteiger partial charge in [-0.15, -0.1) is 0 Å². The van der Waals surface area contributed by atoms with Gasteiger partial charge in [-0.1, -0.05) is 25.8 Å². The van der Waals surface area contributed by atoms with Gasteiger partial charge >= 0.3 is 5.97 Å². The molecule has 0 aliphatic carbocycles. The van der Waals surface area contributed by atoms with Gasteiger partial charge in [0.1, 0.15) is 0 Å². The first-order chi connectivity index (χ1) is 9.11. The molecule has 0 aromatic heterocycles. The number of nitrogens with zero attached hydrogens (tertiary/aromatic N) is 1. The van der Waals surface area contributed by atoms with Gasteiger partial charge in [-0.05, 0) is 43.4 Å². The summed E-state index contributed by atoms with van der Waals surface area (Å²) in [4.78, 5) is 13.6. The number of carboxylic acids is 1. The van der Waals surface area contributed by atoms with Crippen LogP contribution in [0.1, 0.15) is 48.5 Å². The predicted molar refractivity (Wildman–Crippen MR) is 78.0 cm³/mol. The van der Waals surface area contributed by atoms with Crippen LogP contribution in [0.3, 0.4) is 0 Å². The third-order valence-electron chi connectivity index (χ3n) is 4.04. The van der Waals surface area contributed by atoms with Crippen LogP contribution in [0.2, 0.25) is 0 Å². The van der Waals surface area contributed by atoms with E-state index in [0.29, 0.717) is 5.56 Å². The van der Waals surface area contributed by atoms with E-state index in [9.17, 15) is 9.90 Å². The second-order valence-electron chi connectivity index (χ2n) is 5.54. The molecule has 0 atom stereocenters. The number of carboxylic acid groups (broad SMARTS) is 1. The van der Waals surface area contributed by atoms with Gasteiger partial charge in [-0.25, -0.2) is 4.79 Å². The summed E-state index contributed by atoms with van der Waals surface area (Å²) in [5.74, 6) is -0.00924. The first kappa shape index (κ1) is 13.9. The molecule has 1 aliphatic heterocycles. The van der Waals surface area contributed by atoms with Crippen LogP contribution in [0.25, 0.3) is 0 Å². The number of anilines is 1. The van der Waals surface area contributed by atoms with Crippen LogP contribution < -0.4 is 4.90 Å². The minimum absolute atomic E-state index is 0.430. The van der Waals surface area contributed by atoms with Gasteiger partial charge in [0.15, 0.2) is 0 Å². The van der Waals surface area contributed by atoms with Crippen LogP contribution in [0, 0.1) is 12.8 Å². The fourth-order valence-electron chi connectivity index (χ4n) is 2.95. The summed E-state index contributed by atoms with van der Waals surface area (Å²) in [7, 11) is 0. The maximum atomic E-state index is 11.3. The zero-order chi connectivity index (χ0) is 13.8. The number of hydrogen-bond acceptors (Lipinski definition) is 2. The Bertz CT molecular complexity index is 448. The molecule has 0 saturated carbocycles. The lowest BCUT2D eigenvalue weighted by Crippen LogP contribution is -2.34. The highest BCUT2D eigenvalue weighted by molar-refractivity contribution is 5.94. The lowest BCUT2D eigenvalue weighted by atomic mass is 9.92. The van der Waals surface area contributed by atoms with Crippen molar-refractivity contribution in [3.63, 3.8) is 0 Å². The molecule has 1 N–H and O–H groups in total. The summed E-state index contributed by atoms with van der Waals surface area (Å²) >= 11 is 0. The number of hydrogen-bond donors (Lipinski definition) is 1. The van der Waals surface area contributed by atoms with E-state index in [4.69, 9.17) is 0 Å². The van der Waals surface area contributed by atoms with Crippen molar-refractivity contribution in [3.05, 3.63) is 29.3 Å². The fraction of sp³-hybridized carbons (Fsp3) is 0.562. The van der Waals surface area contributed by atoms with Crippen molar-refractivity contribution >= 4 is 11.7 Å². The van der Waals surface area contributed by atoms with Crippen molar-refractivity contribution in [2.75, 3.05) is 18.0 Å². The van der Waals surface area contributed by atoms with Crippen LogP contribution in [0.5, 0.6) is 0 Å². The van der Waals surface area contributed by atoms with Crippen LogP contribution in [-0.2, 0) is 0 Å². The zero-order valence-corrected chi connectivity index (χ0v) is 11.9. The van der Waals surface area contributed by atoms with Gasteiger partial charge in [0.05, 0.1) is 11.3 Å². The summed E-state index contributed by atoms with van der Waals surface area (Å²) in [6.45, 7) is 6.21. The molecular formula is C16H23NO2. The summed E-state index contributed by atoms with van der Waals surface area (Å²) in [6, 6.07) is 5.60. The highest BCUT2D eigenvalue weighted by Gasteiger charge is 2.22. The minimum atomic E-state index is -0.828. The Morgan fingerprint density at radius 1 is 1.37 bits per heavy atom. The number of aromatic carboxylic acids is 1. The molecule has 0 bridgehead atoms. The van der Waals surface area contributed by atoms with Gasteiger partial charge in [0.25, 0.3) is 0 Å². The second-order valence-corrected chi connectivity index (χ2v) is 5.54. The minimum Gasteiger partial charge on any atom is -0.478 e. The average Bonchev–Trinajstić information content (AvgIpc) is 2.39. The van der Waals surface area contributed by atoms with Crippen molar-refractivity contribution in [1.82, 2.24) is 0 Å². The largest absolute Gasteiger partial charge is 0.478 e. The van der Waals surface area contributed by atoms with Crippen molar-refractivity contribution in [2.45, 2.75) is 39.5 Å². The lowest BCUT2D eigenvalue weighted by Gasteiger charge is -2.34. The van der Waals surface area contributed by atoms with E-state index in [2.05, 4.69) is 11.8 Å². The average molecular weight is 261 g/mol. The SMILES string of the molecule is CCCC1CCN(c2cc(C)ccc2C(=O)O)CC1. The predicted octanol–water partition coefficient (Wildman–Crippen LogP) is 3.71. The van der Waals surface area contributed by atoms with E-state index in [0.717, 1.165) is 30.3 Å². The van der Waals surface area contributed by atoms with Gasteiger partial charge in [-0.2, -0.15) is 0 Å². The van der Waals surface area contributed by atoms with E-state index in [1.54, 1.807) is 6.07 Å². The van der Waals surface area contributed by atoms with Gasteiger partial charge in [-0.3, -0.25) is 0 Å². The quantitative estimate of drug-likeness (QED) is 0.898. The van der Waals surface area contributed by atoms with E-state index >= 15 is 0 Å². The third-order valence-corrected chi connectivity index (χ3v) is 4.04. The summed E-state index contributed by atoms with van der Waals surface area (Å²) < 4.78 is 0. The third kappa shape index (κ3) is 3.28. The Morgan fingerprint density at radius 3 is 2.63 bits per heavy atom. The molecule has 1 aliphatic rings. The van der Waals surface area contributed by atoms with Crippen LogP contribution >= 0.6 is 0 Å². The maximum absolute atomic E-state index is 11.3. The van der Waals surface area contributed by atoms with Gasteiger partial charge in [0.2, 0.25) is 0 Å². The van der Waals surface area contributed by atoms with Crippen LogP contribution in [-0.4, -0.2) is 24.2 Å². The monoisotopic (exact) mass is 261 g/mol. The van der Waals surface area contributed by atoms with E-state index < -0.39 is 5.97 Å². The number of piperidine rings is 1. The molecule has 1 aromatic carbocycles. The van der Waals surface area contributed by atoms with Crippen molar-refractivity contribution in [2.24, 2.45) is 5.92 Å². The van der Waals surface area contributed by atoms with Crippen LogP contribution in [0.4, 0.5) is 5.69 Å². The Morgan fingerprint density at radius 2 is 2.05 bits per heavy atom. The molecule has 0 amide bonds. The smallest absolute Gasteiger partial charge is 0.337 e. The number of carbonyl (C=O) groups is 1. The molecule has 0 radical (unpaired) electrons. The van der Waals surface area contributed by atoms with Crippen molar-refractivity contribution in [1.29, 1.82) is 0 Å². The van der Waals surface area contributed by atoms with Gasteiger partial charge in [0, 0.05) is 13.1 Å². The molecule has 19 heavy (non-hydrogen) atoms. The lowest BCUT2D eigenvalue weighted by molar-refractivity contribution is 0.0697. The molecule has 0 spiro atoms. The van der Waals surface area contributed by atoms with Gasteiger partial charge < -0.3 is 10.0 Å². The number of rotatable bonds is 4. The summed E-state index contributed by atoms with van der Waals surface area (Å²) in [5.41, 5.74) is 2.44. The molecule has 3 heteroatoms. The van der Waals surface area contributed by atoms with Crippen molar-refractivity contribution < 1.29 is 9.90 Å². The second kappa shape index (κ2) is 6.09. The molecule has 2 rings (SSSR count). The first-order valence-corrected chi connectivity index (χ1v) is 7.20. The Balaban J connectivity index is 2.14. The molecule has 1 fully saturated rings. The molecule has 1 aromatic rings. The summed E-state index contributed by atoms with van der Waals surface area (Å²) in [6.07, 6.45) is 4.91. The fourth-order valence-corrected chi connectivity index (χ4v) is 2.95. The Labute approximate surface area is 115 Å². The number of benzene rings is 1. The molecule has 3 nitrogen and oxygen atoms in total. The first-order valence-electron chi connectivity index (χ1n) is 7.20. The van der Waals surface area contributed by atoms with E-state index in [-0.39, 0.29) is 0 Å². The summed E-state index contributed by atoms with van der Waals surface area (Å²) in [5, 5.41) is 9.30. The van der Waals surface area contributed by atoms with E-state index in [1.165, 1.54) is 25.7 Å². The maximum Gasteiger partial charge on any atom is 0.337 e. The molecule has 1 heterocycles. The standard InChI is InChI=1S/C16H23NO2/c1-3-4-13-7-9-17(10-8-13)15-11-12(2)5-6-14(15)16(18)19/h5-6,11,13H,3-4,7-10H2,1-2H3,(H,18,19). The molecular weight excluding hydrogens is 238 g/mol. The number of aryl methyl sites for hydroxylation is 1. The highest BCUT2D eigenvalue weighted by Crippen LogP contribution is 2.29. The van der Waals surface area contributed by atoms with E-state index in [1.807, 2.05) is 19.1 Å². The van der Waals surface area contributed by atoms with Crippen molar-refractivity contribution in [3.8, 4) is 0 Å². The Kier molecular flexibility index (Phi) is 4.46. The molecule has 104 valence electrons.